The number of nitrogens with one attached hydrogen (secondary N) is 13. The summed E-state index contributed by atoms with van der Waals surface area (Å²) >= 11 is 0. The molecule has 13 N–H and O–H groups in total. The molecule has 28 saturated heterocycles. The summed E-state index contributed by atoms with van der Waals surface area (Å²) in [6.45, 7) is 32.1. The smallest absolute Gasteiger partial charge is 0.106 e. The van der Waals surface area contributed by atoms with Crippen molar-refractivity contribution < 1.29 is 18.9 Å². The van der Waals surface area contributed by atoms with Gasteiger partial charge in [-0.15, -0.1) is 0 Å². The summed E-state index contributed by atoms with van der Waals surface area (Å²) in [6, 6.07) is 13.4. The van der Waals surface area contributed by atoms with Crippen LogP contribution in [0.1, 0.15) is 193 Å². The highest BCUT2D eigenvalue weighted by Crippen LogP contribution is 2.34. The summed E-state index contributed by atoms with van der Waals surface area (Å²) in [5.41, 5.74) is 0. The van der Waals surface area contributed by atoms with Crippen LogP contribution in [0.2, 0.25) is 0 Å². The van der Waals surface area contributed by atoms with Gasteiger partial charge in [0.1, 0.15) is 6.61 Å². The molecule has 0 radical (unpaired) electrons. The topological polar surface area (TPSA) is 206 Å². The van der Waals surface area contributed by atoms with E-state index >= 15 is 0 Å². The minimum absolute atomic E-state index is 0.560. The Balaban J connectivity index is 0.0000000962. The van der Waals surface area contributed by atoms with Gasteiger partial charge < -0.3 is 97.9 Å². The maximum absolute atomic E-state index is 5.29. The Morgan fingerprint density at radius 3 is 0.907 bits per heavy atom. The van der Waals surface area contributed by atoms with Crippen molar-refractivity contribution in [1.29, 1.82) is 0 Å². The van der Waals surface area contributed by atoms with E-state index in [1.807, 2.05) is 30.4 Å². The van der Waals surface area contributed by atoms with Gasteiger partial charge in [0, 0.05) is 188 Å². The summed E-state index contributed by atoms with van der Waals surface area (Å²) in [4.78, 5) is 10.2. The van der Waals surface area contributed by atoms with Crippen LogP contribution in [0.5, 0.6) is 0 Å². The Morgan fingerprint density at radius 2 is 0.710 bits per heavy atom. The lowest BCUT2D eigenvalue weighted by molar-refractivity contribution is 0.0647. The number of hydrogen-bond donors (Lipinski definition) is 13. The molecule has 34 rings (SSSR count). The Hall–Kier alpha value is -2.20. The highest BCUT2D eigenvalue weighted by Gasteiger charge is 2.38. The molecular weight excluding hydrogens is 1340 g/mol. The van der Waals surface area contributed by atoms with Crippen molar-refractivity contribution in [1.82, 2.24) is 88.7 Å². The molecule has 0 aromatic rings. The monoisotopic (exact) mass is 1490 g/mol. The minimum atomic E-state index is 0.560. The standard InChI is InChI=1S/2C7H13N.3C6H12N2.C6H11NO.3C6H11N.C5H10N2.C5H9NO.2C5H9N.2C5H6O/c1-4-8-5-2-7(1)3-6-8;1-3-7-4-2-6(1)5-8-7;1-2-8-5-3-7(1)4-6-8;1-2-6-4-7-5(1)3-8-6;1-2-6-4-7-3-5(1)8-6;1-2-6-4-8-3-5(1)7-6;1-3-7-4-2-6(1)5-7;1-2-6-3-5(1)4-7-6;1-2-6-4-3-5(1)7-6;1-4-2-6-5(1)3-7-4;1-4-3-7-5(1)2-6-4;1-4-2-5(1)6-3-4;1-2-5-3-4(1)6-5;2*1-2-4-6-5-3-1/h7H,1-6H2;6-8H,1-5H2;1-6H2;2*5-8H,1-4H2;5-7H,1-4H2;6H,1-5H2;2*5-7H,1-4H2;4-7H,1-3H2;4-6H,1-3H2;2*4-6H,1-3H2;2-5H,1H2;1-4H,5H2. The molecule has 0 aromatic heterocycles. The second-order valence-electron chi connectivity index (χ2n) is 37.1. The summed E-state index contributed by atoms with van der Waals surface area (Å²) in [6.07, 6.45) is 58.0. The SMILES string of the molecule is C1=CCOC=C1.C1=COC=CC1.C1CC2CC1CN2.C1CC2CC1N2.C1CC2CCC1CN2.C1CC2CCC1N2.C1CC2CNC1CN2.C1CC2CNCC1N2.C1CC2COCC1N2.C1CN2CCC1C2.C1CN2CCC1CC2.C1CN2CCN1CC2.C1NC2CC1C2.C1NC2CNC1C2.C1OC2CNC1C2. The van der Waals surface area contributed by atoms with Crippen LogP contribution in [-0.4, -0.2) is 293 Å². The quantitative estimate of drug-likeness (QED) is 0.129. The first-order valence-electron chi connectivity index (χ1n) is 45.4. The molecule has 34 aliphatic rings. The van der Waals surface area contributed by atoms with E-state index in [2.05, 4.69) is 88.7 Å². The van der Waals surface area contributed by atoms with Crippen molar-refractivity contribution in [2.75, 3.05) is 170 Å². The van der Waals surface area contributed by atoms with Gasteiger partial charge >= 0.3 is 0 Å². The van der Waals surface area contributed by atoms with Crippen molar-refractivity contribution in [2.45, 2.75) is 295 Å². The van der Waals surface area contributed by atoms with Crippen molar-refractivity contribution in [3.8, 4) is 0 Å². The predicted octanol–water partition coefficient (Wildman–Crippen LogP) is 6.26. The van der Waals surface area contributed by atoms with E-state index in [1.54, 1.807) is 18.8 Å². The molecule has 14 unspecified atom stereocenters. The molecule has 14 atom stereocenters. The number of rotatable bonds is 0. The van der Waals surface area contributed by atoms with Gasteiger partial charge in [-0.1, -0.05) is 6.08 Å². The molecule has 4 saturated carbocycles. The maximum Gasteiger partial charge on any atom is 0.106 e. The summed E-state index contributed by atoms with van der Waals surface area (Å²) in [5, 5.41) is 44.7. The Bertz CT molecular complexity index is 2000. The number of fused-ring (bicyclic) bond motifs is 28. The third-order valence-electron chi connectivity index (χ3n) is 28.9. The largest absolute Gasteiger partial charge is 0.497 e. The molecule has 21 nitrogen and oxygen atoms in total. The van der Waals surface area contributed by atoms with Gasteiger partial charge in [0.15, 0.2) is 0 Å². The van der Waals surface area contributed by atoms with Crippen LogP contribution in [0.15, 0.2) is 49.2 Å². The predicted molar refractivity (Wildman–Crippen MR) is 436 cm³/mol. The van der Waals surface area contributed by atoms with E-state index in [-0.39, 0.29) is 0 Å². The first-order chi connectivity index (χ1) is 52.8. The average Bonchev–Trinajstić information content (AvgIpc) is 1.77. The summed E-state index contributed by atoms with van der Waals surface area (Å²) in [7, 11) is 0. The molecule has 608 valence electrons. The number of piperidine rings is 9. The number of morpholine rings is 2. The van der Waals surface area contributed by atoms with Crippen LogP contribution >= 0.6 is 0 Å². The van der Waals surface area contributed by atoms with Crippen molar-refractivity contribution in [3.63, 3.8) is 0 Å². The first-order valence-corrected chi connectivity index (χ1v) is 45.4. The number of hydrogen-bond acceptors (Lipinski definition) is 21. The van der Waals surface area contributed by atoms with E-state index in [0.717, 1.165) is 148 Å². The third kappa shape index (κ3) is 28.1. The fourth-order valence-electron chi connectivity index (χ4n) is 21.6. The molecule has 21 heteroatoms. The van der Waals surface area contributed by atoms with Crippen LogP contribution in [0, 0.1) is 29.6 Å². The lowest BCUT2D eigenvalue weighted by atomic mass is 9.82. The molecule has 30 heterocycles. The zero-order chi connectivity index (χ0) is 72.3. The lowest BCUT2D eigenvalue weighted by Crippen LogP contribution is -2.58. The molecule has 4 aliphatic carbocycles. The molecule has 0 aromatic carbocycles. The Labute approximate surface area is 649 Å². The van der Waals surface area contributed by atoms with Crippen LogP contribution in [0.25, 0.3) is 0 Å². The maximum atomic E-state index is 5.29. The zero-order valence-electron chi connectivity index (χ0n) is 66.8. The summed E-state index contributed by atoms with van der Waals surface area (Å²) in [5.74, 6) is 5.39. The van der Waals surface area contributed by atoms with Gasteiger partial charge in [0.05, 0.1) is 44.7 Å². The summed E-state index contributed by atoms with van der Waals surface area (Å²) < 4.78 is 20.1. The van der Waals surface area contributed by atoms with Crippen molar-refractivity contribution in [3.05, 3.63) is 49.2 Å². The highest BCUT2D eigenvalue weighted by atomic mass is 16.5. The molecule has 32 fully saturated rings. The van der Waals surface area contributed by atoms with Gasteiger partial charge in [-0.3, -0.25) is 9.80 Å². The second-order valence-corrected chi connectivity index (χ2v) is 37.1. The first kappa shape index (κ1) is 81.4. The van der Waals surface area contributed by atoms with Gasteiger partial charge in [-0.25, -0.2) is 0 Å². The minimum Gasteiger partial charge on any atom is -0.497 e. The lowest BCUT2D eigenvalue weighted by Gasteiger charge is -2.41. The molecule has 30 aliphatic heterocycles. The number of nitrogens with zero attached hydrogens (tertiary/aromatic N) is 4. The van der Waals surface area contributed by atoms with Gasteiger partial charge in [-0.05, 0) is 299 Å². The normalized spacial score (nSPS) is 43.7. The van der Waals surface area contributed by atoms with Gasteiger partial charge in [-0.2, -0.15) is 0 Å². The number of allylic oxidation sites excluding steroid dienone is 4. The second kappa shape index (κ2) is 44.6. The molecule has 26 bridgehead atoms. The van der Waals surface area contributed by atoms with Gasteiger partial charge in [0.25, 0.3) is 0 Å². The van der Waals surface area contributed by atoms with E-state index in [9.17, 15) is 0 Å². The number of ether oxygens (including phenoxy) is 4. The van der Waals surface area contributed by atoms with E-state index in [0.29, 0.717) is 24.2 Å². The van der Waals surface area contributed by atoms with E-state index in [4.69, 9.17) is 18.9 Å². The van der Waals surface area contributed by atoms with Crippen molar-refractivity contribution >= 4 is 0 Å². The van der Waals surface area contributed by atoms with E-state index < -0.39 is 0 Å². The zero-order valence-corrected chi connectivity index (χ0v) is 66.8. The van der Waals surface area contributed by atoms with Crippen LogP contribution in [0.4, 0.5) is 0 Å². The van der Waals surface area contributed by atoms with E-state index in [1.165, 1.54) is 324 Å². The molecule has 107 heavy (non-hydrogen) atoms. The van der Waals surface area contributed by atoms with Gasteiger partial charge in [0.2, 0.25) is 0 Å². The highest BCUT2D eigenvalue weighted by molar-refractivity contribution is 5.03. The molecule has 0 spiro atoms. The molecule has 0 amide bonds. The van der Waals surface area contributed by atoms with Crippen LogP contribution < -0.4 is 69.1 Å². The Kier molecular flexibility index (Phi) is 33.9. The average molecular weight is 1490 g/mol. The fourth-order valence-corrected chi connectivity index (χ4v) is 21.6. The van der Waals surface area contributed by atoms with Crippen LogP contribution in [-0.2, 0) is 18.9 Å². The fraction of sp³-hybridized carbons (Fsp3) is 0.907. The Morgan fingerprint density at radius 1 is 0.262 bits per heavy atom. The van der Waals surface area contributed by atoms with Crippen LogP contribution in [0.3, 0.4) is 0 Å². The number of piperazine rings is 6. The van der Waals surface area contributed by atoms with Crippen molar-refractivity contribution in [2.24, 2.45) is 29.6 Å². The molecular formula is C86H155N17O4. The third-order valence-corrected chi connectivity index (χ3v) is 28.9.